The molecule has 0 unspecified atom stereocenters. The molecule has 0 radical (unpaired) electrons. The summed E-state index contributed by atoms with van der Waals surface area (Å²) in [5.41, 5.74) is -0.155. The van der Waals surface area contributed by atoms with Crippen molar-refractivity contribution in [3.8, 4) is 5.75 Å². The Morgan fingerprint density at radius 2 is 2.00 bits per heavy atom. The van der Waals surface area contributed by atoms with Crippen molar-refractivity contribution in [3.63, 3.8) is 0 Å². The molecule has 1 saturated carbocycles. The fraction of sp³-hybridized carbons (Fsp3) is 0.524. The number of nitrogens with one attached hydrogen (secondary N) is 1. The first kappa shape index (κ1) is 27.5. The number of methoxy groups -OCH3 is 1. The maximum Gasteiger partial charge on any atom is 1.00 e. The molecule has 2 atom stereocenters. The number of hydrogen-bond acceptors (Lipinski definition) is 6. The molecule has 8 nitrogen and oxygen atoms in total. The van der Waals surface area contributed by atoms with Crippen molar-refractivity contribution in [3.05, 3.63) is 33.9 Å². The quantitative estimate of drug-likeness (QED) is 0.558. The maximum atomic E-state index is 15.3. The molecule has 2 aromatic rings. The van der Waals surface area contributed by atoms with E-state index in [0.29, 0.717) is 35.5 Å². The van der Waals surface area contributed by atoms with Crippen molar-refractivity contribution in [1.82, 2.24) is 9.88 Å². The standard InChI is InChI=1S/C21H24FN3O4.ClH.K.H2O/c1-29-20-17-13(19(26)14(21(27)28)9-25(17)12-4-5-12)7-15(22)18(20)24-8-11-3-2-6-23-16(11)10-24;;;/h7,9,11-12,16,23H,2-6,8,10H2,1H3,(H,27,28);1H;;1H2/q;;+1;/p-1/t11-,16+;;;/m0.../s1. The van der Waals surface area contributed by atoms with Crippen LogP contribution >= 0.6 is 12.4 Å². The molecule has 3 N–H and O–H groups in total. The van der Waals surface area contributed by atoms with E-state index in [4.69, 9.17) is 4.74 Å². The minimum absolute atomic E-state index is 0. The third kappa shape index (κ3) is 4.61. The Morgan fingerprint density at radius 1 is 1.28 bits per heavy atom. The number of aromatic carboxylic acids is 1. The van der Waals surface area contributed by atoms with Crippen molar-refractivity contribution in [1.29, 1.82) is 0 Å². The molecule has 0 bridgehead atoms. The van der Waals surface area contributed by atoms with Crippen LogP contribution < -0.4 is 71.8 Å². The van der Waals surface area contributed by atoms with E-state index < -0.39 is 17.2 Å². The van der Waals surface area contributed by atoms with Gasteiger partial charge in [0, 0.05) is 31.4 Å². The average molecular weight is 494 g/mol. The van der Waals surface area contributed by atoms with Gasteiger partial charge >= 0.3 is 57.4 Å². The Labute approximate surface area is 233 Å². The number of carboxylic acid groups (broad SMARTS) is 1. The molecule has 2 aliphatic heterocycles. The van der Waals surface area contributed by atoms with Crippen LogP contribution in [0.15, 0.2) is 17.1 Å². The third-order valence-corrected chi connectivity index (χ3v) is 6.49. The predicted octanol–water partition coefficient (Wildman–Crippen LogP) is -0.380. The number of pyridine rings is 1. The summed E-state index contributed by atoms with van der Waals surface area (Å²) in [4.78, 5) is 26.4. The summed E-state index contributed by atoms with van der Waals surface area (Å²) in [6.45, 7) is 2.40. The van der Waals surface area contributed by atoms with Gasteiger partial charge in [-0.3, -0.25) is 4.79 Å². The second-order valence-corrected chi connectivity index (χ2v) is 8.32. The van der Waals surface area contributed by atoms with Crippen LogP contribution in [0.1, 0.15) is 42.1 Å². The Bertz CT molecular complexity index is 1060. The summed E-state index contributed by atoms with van der Waals surface area (Å²) in [5, 5.41) is 13.0. The van der Waals surface area contributed by atoms with Gasteiger partial charge in [0.2, 0.25) is 5.43 Å². The smallest absolute Gasteiger partial charge is 0.870 e. The van der Waals surface area contributed by atoms with E-state index in [1.165, 1.54) is 19.4 Å². The molecule has 2 saturated heterocycles. The number of halogens is 2. The van der Waals surface area contributed by atoms with E-state index >= 15 is 4.39 Å². The van der Waals surface area contributed by atoms with Crippen LogP contribution in [0.5, 0.6) is 5.75 Å². The topological polar surface area (TPSA) is 114 Å². The van der Waals surface area contributed by atoms with Crippen LogP contribution in [0.2, 0.25) is 0 Å². The fourth-order valence-corrected chi connectivity index (χ4v) is 4.95. The number of piperidine rings is 1. The second-order valence-electron chi connectivity index (χ2n) is 8.32. The van der Waals surface area contributed by atoms with Gasteiger partial charge in [-0.05, 0) is 44.2 Å². The summed E-state index contributed by atoms with van der Waals surface area (Å²) in [6.07, 6.45) is 5.40. The van der Waals surface area contributed by atoms with Crippen molar-refractivity contribution in [2.45, 2.75) is 37.8 Å². The first-order chi connectivity index (χ1) is 14.0. The summed E-state index contributed by atoms with van der Waals surface area (Å²) in [5.74, 6) is -1.07. The van der Waals surface area contributed by atoms with Gasteiger partial charge in [-0.2, -0.15) is 0 Å². The van der Waals surface area contributed by atoms with E-state index in [1.54, 1.807) is 4.57 Å². The van der Waals surface area contributed by atoms with E-state index in [0.717, 1.165) is 38.8 Å². The van der Waals surface area contributed by atoms with Gasteiger partial charge in [-0.1, -0.05) is 0 Å². The number of benzene rings is 1. The SMILES string of the molecule is COc1c(N2C[C@@H]3CCCN[C@@H]3C2)c(F)cc2c(=O)c(C(=O)O)cn(C3CC3)c12.Cl.[K+].[OH-]. The molecule has 5 rings (SSSR count). The molecule has 1 aromatic carbocycles. The molecular formula is C21H26ClFKN3O5. The third-order valence-electron chi connectivity index (χ3n) is 6.49. The predicted molar refractivity (Wildman–Crippen MR) is 116 cm³/mol. The zero-order valence-corrected chi connectivity index (χ0v) is 22.1. The zero-order valence-electron chi connectivity index (χ0n) is 18.1. The van der Waals surface area contributed by atoms with E-state index in [1.807, 2.05) is 4.90 Å². The molecule has 32 heavy (non-hydrogen) atoms. The van der Waals surface area contributed by atoms with E-state index in [2.05, 4.69) is 5.32 Å². The summed E-state index contributed by atoms with van der Waals surface area (Å²) >= 11 is 0. The molecule has 1 aromatic heterocycles. The largest absolute Gasteiger partial charge is 1.00 e. The Morgan fingerprint density at radius 3 is 2.59 bits per heavy atom. The zero-order chi connectivity index (χ0) is 20.3. The van der Waals surface area contributed by atoms with Crippen LogP contribution in [0.4, 0.5) is 10.1 Å². The van der Waals surface area contributed by atoms with Crippen molar-refractivity contribution >= 4 is 35.0 Å². The molecule has 0 spiro atoms. The summed E-state index contributed by atoms with van der Waals surface area (Å²) in [7, 11) is 1.48. The maximum absolute atomic E-state index is 15.3. The number of carbonyl (C=O) groups is 1. The average Bonchev–Trinajstić information content (AvgIpc) is 3.45. The minimum atomic E-state index is -1.30. The van der Waals surface area contributed by atoms with Crippen LogP contribution in [-0.4, -0.2) is 53.9 Å². The molecule has 3 fully saturated rings. The van der Waals surface area contributed by atoms with Crippen LogP contribution in [0.25, 0.3) is 10.9 Å². The van der Waals surface area contributed by atoms with Crippen LogP contribution in [0, 0.1) is 11.7 Å². The Kier molecular flexibility index (Phi) is 9.19. The van der Waals surface area contributed by atoms with Gasteiger partial charge < -0.3 is 30.1 Å². The van der Waals surface area contributed by atoms with Gasteiger partial charge in [0.05, 0.1) is 18.0 Å². The summed E-state index contributed by atoms with van der Waals surface area (Å²) < 4.78 is 22.8. The number of hydrogen-bond donors (Lipinski definition) is 2. The van der Waals surface area contributed by atoms with E-state index in [9.17, 15) is 14.7 Å². The monoisotopic (exact) mass is 493 g/mol. The number of aromatic nitrogens is 1. The van der Waals surface area contributed by atoms with Crippen molar-refractivity contribution in [2.24, 2.45) is 5.92 Å². The minimum Gasteiger partial charge on any atom is -0.870 e. The van der Waals surface area contributed by atoms with Gasteiger partial charge in [-0.15, -0.1) is 12.4 Å². The number of fused-ring (bicyclic) bond motifs is 2. The van der Waals surface area contributed by atoms with Gasteiger partial charge in [-0.25, -0.2) is 9.18 Å². The number of anilines is 1. The van der Waals surface area contributed by atoms with E-state index in [-0.39, 0.29) is 86.3 Å². The van der Waals surface area contributed by atoms with Gasteiger partial charge in [0.25, 0.3) is 0 Å². The van der Waals surface area contributed by atoms with Crippen LogP contribution in [0.3, 0.4) is 0 Å². The van der Waals surface area contributed by atoms with Crippen molar-refractivity contribution < 1.29 is 75.9 Å². The number of ether oxygens (including phenoxy) is 1. The number of carboxylic acids is 1. The molecule has 11 heteroatoms. The molecule has 3 heterocycles. The van der Waals surface area contributed by atoms with Crippen LogP contribution in [-0.2, 0) is 0 Å². The van der Waals surface area contributed by atoms with Gasteiger partial charge in [0.15, 0.2) is 11.6 Å². The molecule has 0 amide bonds. The molecule has 1 aliphatic carbocycles. The first-order valence-corrected chi connectivity index (χ1v) is 10.2. The second kappa shape index (κ2) is 10.7. The van der Waals surface area contributed by atoms with Gasteiger partial charge in [0.1, 0.15) is 11.3 Å². The molecular weight excluding hydrogens is 468 g/mol. The molecule has 3 aliphatic rings. The van der Waals surface area contributed by atoms with Crippen molar-refractivity contribution in [2.75, 3.05) is 31.6 Å². The summed E-state index contributed by atoms with van der Waals surface area (Å²) in [6, 6.07) is 1.62. The Balaban J connectivity index is 0.00000121. The first-order valence-electron chi connectivity index (χ1n) is 10.2. The number of nitrogens with zero attached hydrogens (tertiary/aromatic N) is 2. The Hall–Kier alpha value is -0.724. The normalized spacial score (nSPS) is 21.8. The molecule has 170 valence electrons. The fourth-order valence-electron chi connectivity index (χ4n) is 4.95. The number of rotatable bonds is 4.